The Morgan fingerprint density at radius 2 is 1.77 bits per heavy atom. The zero-order valence-corrected chi connectivity index (χ0v) is 20.4. The summed E-state index contributed by atoms with van der Waals surface area (Å²) in [5.74, 6) is 2.37. The molecule has 9 heteroatoms. The van der Waals surface area contributed by atoms with Gasteiger partial charge in [0.05, 0.1) is 17.6 Å². The second kappa shape index (κ2) is 9.60. The minimum absolute atomic E-state index is 0.0533. The van der Waals surface area contributed by atoms with Crippen molar-refractivity contribution in [3.05, 3.63) is 39.9 Å². The Hall–Kier alpha value is -2.94. The van der Waals surface area contributed by atoms with Crippen molar-refractivity contribution in [2.45, 2.75) is 89.4 Å². The lowest BCUT2D eigenvalue weighted by atomic mass is 10.0. The van der Waals surface area contributed by atoms with E-state index in [1.54, 1.807) is 0 Å². The molecule has 0 spiro atoms. The monoisotopic (exact) mass is 478 g/mol. The van der Waals surface area contributed by atoms with Crippen LogP contribution in [0.5, 0.6) is 11.5 Å². The lowest BCUT2D eigenvalue weighted by Gasteiger charge is -2.35. The molecule has 186 valence electrons. The third-order valence-corrected chi connectivity index (χ3v) is 8.00. The van der Waals surface area contributed by atoms with Crippen LogP contribution in [-0.2, 0) is 6.54 Å². The molecule has 2 saturated carbocycles. The molecule has 35 heavy (non-hydrogen) atoms. The number of pyridine rings is 1. The number of rotatable bonds is 7. The molecule has 1 aliphatic heterocycles. The van der Waals surface area contributed by atoms with Crippen LogP contribution in [0, 0.1) is 0 Å². The van der Waals surface area contributed by atoms with Gasteiger partial charge in [-0.25, -0.2) is 4.68 Å². The quantitative estimate of drug-likeness (QED) is 0.541. The summed E-state index contributed by atoms with van der Waals surface area (Å²) >= 11 is 0. The molecule has 2 fully saturated rings. The van der Waals surface area contributed by atoms with E-state index in [4.69, 9.17) is 9.47 Å². The van der Waals surface area contributed by atoms with Gasteiger partial charge in [-0.3, -0.25) is 9.69 Å². The van der Waals surface area contributed by atoms with Crippen LogP contribution in [0.15, 0.2) is 23.0 Å². The van der Waals surface area contributed by atoms with E-state index >= 15 is 0 Å². The number of hydrogen-bond donors (Lipinski definition) is 1. The largest absolute Gasteiger partial charge is 0.486 e. The van der Waals surface area contributed by atoms with Gasteiger partial charge in [-0.15, -0.1) is 5.10 Å². The van der Waals surface area contributed by atoms with Gasteiger partial charge in [0.2, 0.25) is 0 Å². The van der Waals surface area contributed by atoms with Crippen LogP contribution >= 0.6 is 0 Å². The van der Waals surface area contributed by atoms with E-state index in [1.807, 2.05) is 18.2 Å². The van der Waals surface area contributed by atoms with Gasteiger partial charge < -0.3 is 14.5 Å². The van der Waals surface area contributed by atoms with Crippen LogP contribution in [0.25, 0.3) is 10.9 Å². The molecule has 1 N–H and O–H groups in total. The number of hydrogen-bond acceptors (Lipinski definition) is 7. The first-order valence-electron chi connectivity index (χ1n) is 13.2. The molecular weight excluding hydrogens is 444 g/mol. The number of nitrogens with zero attached hydrogens (tertiary/aromatic N) is 5. The zero-order valence-electron chi connectivity index (χ0n) is 20.4. The van der Waals surface area contributed by atoms with Crippen molar-refractivity contribution in [3.8, 4) is 11.5 Å². The highest BCUT2D eigenvalue weighted by atomic mass is 16.6. The molecule has 6 rings (SSSR count). The second-order valence-electron chi connectivity index (χ2n) is 10.2. The van der Waals surface area contributed by atoms with Gasteiger partial charge in [0.15, 0.2) is 17.3 Å². The van der Waals surface area contributed by atoms with Crippen molar-refractivity contribution in [1.29, 1.82) is 0 Å². The molecule has 0 saturated heterocycles. The standard InChI is InChI=1S/C26H34N6O3/c1-2-22(25-28-29-30-32(25)20-9-5-6-10-20)31(19-7-3-4-8-19)16-18-13-17-14-23-24(35-12-11-34-23)15-21(17)27-26(18)33/h13-15,19-20,22H,2-12,16H2,1H3,(H,27,33)/t22-/m0/s1. The number of ether oxygens (including phenoxy) is 2. The number of benzene rings is 1. The molecule has 3 heterocycles. The highest BCUT2D eigenvalue weighted by Gasteiger charge is 2.34. The van der Waals surface area contributed by atoms with Gasteiger partial charge in [-0.05, 0) is 54.7 Å². The Balaban J connectivity index is 1.36. The van der Waals surface area contributed by atoms with Gasteiger partial charge in [0.25, 0.3) is 5.56 Å². The van der Waals surface area contributed by atoms with E-state index in [9.17, 15) is 4.79 Å². The lowest BCUT2D eigenvalue weighted by Crippen LogP contribution is -2.39. The number of fused-ring (bicyclic) bond motifs is 2. The third kappa shape index (κ3) is 4.30. The molecule has 9 nitrogen and oxygen atoms in total. The second-order valence-corrected chi connectivity index (χ2v) is 10.2. The predicted octanol–water partition coefficient (Wildman–Crippen LogP) is 4.30. The Morgan fingerprint density at radius 1 is 1.06 bits per heavy atom. The SMILES string of the molecule is CC[C@@H](c1nnnn1C1CCCC1)N(Cc1cc2cc3c(cc2[nH]c1=O)OCCO3)C1CCCC1. The molecule has 0 amide bonds. The van der Waals surface area contributed by atoms with E-state index in [1.165, 1.54) is 25.7 Å². The summed E-state index contributed by atoms with van der Waals surface area (Å²) in [5, 5.41) is 14.0. The third-order valence-electron chi connectivity index (χ3n) is 8.00. The predicted molar refractivity (Wildman–Crippen MR) is 132 cm³/mol. The Bertz CT molecular complexity index is 1240. The fourth-order valence-corrected chi connectivity index (χ4v) is 6.23. The minimum Gasteiger partial charge on any atom is -0.486 e. The summed E-state index contributed by atoms with van der Waals surface area (Å²) < 4.78 is 13.6. The number of aromatic amines is 1. The fraction of sp³-hybridized carbons (Fsp3) is 0.615. The van der Waals surface area contributed by atoms with E-state index < -0.39 is 0 Å². The van der Waals surface area contributed by atoms with Crippen molar-refractivity contribution in [1.82, 2.24) is 30.1 Å². The Labute approximate surface area is 204 Å². The van der Waals surface area contributed by atoms with Crippen LogP contribution < -0.4 is 15.0 Å². The van der Waals surface area contributed by atoms with E-state index in [0.717, 1.165) is 60.1 Å². The molecule has 1 aromatic carbocycles. The van der Waals surface area contributed by atoms with Crippen molar-refractivity contribution >= 4 is 10.9 Å². The molecule has 1 atom stereocenters. The number of tetrazole rings is 1. The topological polar surface area (TPSA) is 98.2 Å². The highest BCUT2D eigenvalue weighted by Crippen LogP contribution is 2.37. The normalized spacial score (nSPS) is 19.7. The molecule has 3 aliphatic rings. The maximum Gasteiger partial charge on any atom is 0.252 e. The van der Waals surface area contributed by atoms with Crippen LogP contribution in [-0.4, -0.2) is 49.3 Å². The van der Waals surface area contributed by atoms with Gasteiger partial charge in [-0.1, -0.05) is 32.6 Å². The summed E-state index contributed by atoms with van der Waals surface area (Å²) in [6.07, 6.45) is 10.4. The van der Waals surface area contributed by atoms with Crippen LogP contribution in [0.1, 0.15) is 88.2 Å². The van der Waals surface area contributed by atoms with Gasteiger partial charge in [0.1, 0.15) is 13.2 Å². The summed E-state index contributed by atoms with van der Waals surface area (Å²) in [7, 11) is 0. The fourth-order valence-electron chi connectivity index (χ4n) is 6.23. The maximum absolute atomic E-state index is 13.2. The van der Waals surface area contributed by atoms with E-state index in [-0.39, 0.29) is 11.6 Å². The molecular formula is C26H34N6O3. The van der Waals surface area contributed by atoms with Gasteiger partial charge >= 0.3 is 0 Å². The first kappa shape index (κ1) is 22.5. The first-order valence-corrected chi connectivity index (χ1v) is 13.2. The van der Waals surface area contributed by atoms with Crippen molar-refractivity contribution in [2.75, 3.05) is 13.2 Å². The molecule has 3 aromatic rings. The Morgan fingerprint density at radius 3 is 2.51 bits per heavy atom. The number of aromatic nitrogens is 5. The summed E-state index contributed by atoms with van der Waals surface area (Å²) in [5.41, 5.74) is 1.48. The first-order chi connectivity index (χ1) is 17.2. The van der Waals surface area contributed by atoms with E-state index in [2.05, 4.69) is 37.0 Å². The molecule has 0 radical (unpaired) electrons. The van der Waals surface area contributed by atoms with Gasteiger partial charge in [0, 0.05) is 29.6 Å². The number of nitrogens with one attached hydrogen (secondary N) is 1. The molecule has 2 aromatic heterocycles. The van der Waals surface area contributed by atoms with Crippen molar-refractivity contribution in [2.24, 2.45) is 0 Å². The van der Waals surface area contributed by atoms with Gasteiger partial charge in [-0.2, -0.15) is 0 Å². The lowest BCUT2D eigenvalue weighted by molar-refractivity contribution is 0.110. The smallest absolute Gasteiger partial charge is 0.252 e. The molecule has 2 aliphatic carbocycles. The zero-order chi connectivity index (χ0) is 23.8. The van der Waals surface area contributed by atoms with Crippen LogP contribution in [0.3, 0.4) is 0 Å². The summed E-state index contributed by atoms with van der Waals surface area (Å²) in [4.78, 5) is 18.8. The summed E-state index contributed by atoms with van der Waals surface area (Å²) in [6, 6.07) is 6.74. The number of H-pyrrole nitrogens is 1. The van der Waals surface area contributed by atoms with Crippen LogP contribution in [0.2, 0.25) is 0 Å². The molecule has 0 unspecified atom stereocenters. The minimum atomic E-state index is -0.0533. The van der Waals surface area contributed by atoms with Crippen LogP contribution in [0.4, 0.5) is 0 Å². The summed E-state index contributed by atoms with van der Waals surface area (Å²) in [6.45, 7) is 3.84. The molecule has 0 bridgehead atoms. The van der Waals surface area contributed by atoms with E-state index in [0.29, 0.717) is 37.6 Å². The Kier molecular flexibility index (Phi) is 6.18. The highest BCUT2D eigenvalue weighted by molar-refractivity contribution is 5.83. The maximum atomic E-state index is 13.2. The average Bonchev–Trinajstić information content (AvgIpc) is 3.66. The van der Waals surface area contributed by atoms with Crippen molar-refractivity contribution in [3.63, 3.8) is 0 Å². The van der Waals surface area contributed by atoms with Crippen molar-refractivity contribution < 1.29 is 9.47 Å². The average molecular weight is 479 g/mol.